The van der Waals surface area contributed by atoms with Gasteiger partial charge in [0, 0.05) is 0 Å². The van der Waals surface area contributed by atoms with Gasteiger partial charge in [-0.1, -0.05) is 105 Å². The van der Waals surface area contributed by atoms with Gasteiger partial charge in [0.1, 0.15) is 11.1 Å². The van der Waals surface area contributed by atoms with Crippen LogP contribution in [-0.2, 0) is 0 Å². The highest BCUT2D eigenvalue weighted by molar-refractivity contribution is 6.72. The van der Waals surface area contributed by atoms with E-state index in [1.54, 1.807) is 0 Å². The normalized spacial score (nSPS) is 31.7. The molecule has 0 radical (unpaired) electrons. The summed E-state index contributed by atoms with van der Waals surface area (Å²) in [6.07, 6.45) is 0. The molecule has 1 aromatic rings. The van der Waals surface area contributed by atoms with Crippen LogP contribution in [0.25, 0.3) is 0 Å². The van der Waals surface area contributed by atoms with Gasteiger partial charge >= 0.3 is 0 Å². The Labute approximate surface area is 172 Å². The molecular weight excluding hydrogens is 479 g/mol. The van der Waals surface area contributed by atoms with Gasteiger partial charge in [-0.3, -0.25) is 0 Å². The fraction of sp³-hybridized carbons (Fsp3) is 0.500. The Morgan fingerprint density at radius 3 is 1.41 bits per heavy atom. The van der Waals surface area contributed by atoms with E-state index in [1.807, 2.05) is 0 Å². The zero-order chi connectivity index (χ0) is 17.1. The third kappa shape index (κ3) is 2.77. The maximum Gasteiger partial charge on any atom is 0.170 e. The first-order valence-electron chi connectivity index (χ1n) is 5.72. The Kier molecular flexibility index (Phi) is 5.54. The summed E-state index contributed by atoms with van der Waals surface area (Å²) in [6.45, 7) is 0. The summed E-state index contributed by atoms with van der Waals surface area (Å²) in [5.74, 6) is -1.09. The van der Waals surface area contributed by atoms with Crippen LogP contribution in [0.4, 0.5) is 0 Å². The minimum atomic E-state index is -1.96. The lowest BCUT2D eigenvalue weighted by molar-refractivity contribution is 0.364. The van der Waals surface area contributed by atoms with E-state index in [1.165, 1.54) is 24.3 Å². The van der Waals surface area contributed by atoms with Crippen LogP contribution in [0.1, 0.15) is 11.5 Å². The lowest BCUT2D eigenvalue weighted by atomic mass is 9.80. The molecule has 10 heteroatoms. The fourth-order valence-corrected chi connectivity index (χ4v) is 5.96. The average Bonchev–Trinajstić information content (AvgIpc) is 2.38. The van der Waals surface area contributed by atoms with Crippen molar-refractivity contribution in [2.75, 3.05) is 0 Å². The van der Waals surface area contributed by atoms with Crippen molar-refractivity contribution in [2.45, 2.75) is 28.6 Å². The summed E-state index contributed by atoms with van der Waals surface area (Å²) in [5.41, 5.74) is 0.424. The van der Waals surface area contributed by atoms with Crippen LogP contribution in [0.15, 0.2) is 24.3 Å². The zero-order valence-corrected chi connectivity index (χ0v) is 17.1. The van der Waals surface area contributed by atoms with Gasteiger partial charge in [-0.05, 0) is 17.7 Å². The first kappa shape index (κ1) is 19.9. The van der Waals surface area contributed by atoms with Gasteiger partial charge in [0.15, 0.2) is 17.3 Å². The molecule has 0 atom stereocenters. The maximum atomic E-state index is 9.41. The molecule has 124 valence electrons. The minimum Gasteiger partial charge on any atom is -0.508 e. The van der Waals surface area contributed by atoms with Gasteiger partial charge in [-0.25, -0.2) is 0 Å². The lowest BCUT2D eigenvalue weighted by Crippen LogP contribution is -2.68. The van der Waals surface area contributed by atoms with Crippen molar-refractivity contribution >= 4 is 104 Å². The Hall–Kier alpha value is 1.63. The first-order chi connectivity index (χ1) is 9.78. The van der Waals surface area contributed by atoms with Crippen molar-refractivity contribution in [3.8, 4) is 5.75 Å². The van der Waals surface area contributed by atoms with Crippen molar-refractivity contribution in [3.63, 3.8) is 0 Å². The molecule has 1 nitrogen and oxygen atoms in total. The highest BCUT2D eigenvalue weighted by atomic mass is 35.6. The van der Waals surface area contributed by atoms with Gasteiger partial charge < -0.3 is 5.11 Å². The number of benzene rings is 1. The Bertz CT molecular complexity index is 538. The van der Waals surface area contributed by atoms with E-state index in [0.29, 0.717) is 5.56 Å². The van der Waals surface area contributed by atoms with Crippen LogP contribution < -0.4 is 0 Å². The van der Waals surface area contributed by atoms with Crippen molar-refractivity contribution in [2.24, 2.45) is 0 Å². The zero-order valence-electron chi connectivity index (χ0n) is 10.3. The number of phenolic OH excluding ortho intramolecular Hbond substituents is 1. The van der Waals surface area contributed by atoms with Crippen molar-refractivity contribution in [1.82, 2.24) is 0 Å². The number of halogens is 9. The van der Waals surface area contributed by atoms with E-state index in [4.69, 9.17) is 104 Å². The van der Waals surface area contributed by atoms with Gasteiger partial charge in [-0.15, -0.1) is 11.6 Å². The third-order valence-electron chi connectivity index (χ3n) is 3.48. The summed E-state index contributed by atoms with van der Waals surface area (Å²) < 4.78 is -7.76. The molecule has 0 aliphatic heterocycles. The van der Waals surface area contributed by atoms with Gasteiger partial charge in [0.25, 0.3) is 0 Å². The summed E-state index contributed by atoms with van der Waals surface area (Å²) in [4.78, 5) is 0. The molecule has 0 unspecified atom stereocenters. The van der Waals surface area contributed by atoms with E-state index in [9.17, 15) is 5.11 Å². The Morgan fingerprint density at radius 2 is 1.05 bits per heavy atom. The maximum absolute atomic E-state index is 9.41. The van der Waals surface area contributed by atoms with E-state index in [2.05, 4.69) is 0 Å². The Morgan fingerprint density at radius 1 is 0.682 bits per heavy atom. The molecule has 0 heterocycles. The molecule has 1 N–H and O–H groups in total. The molecule has 0 bridgehead atoms. The molecule has 0 aromatic heterocycles. The lowest BCUT2D eigenvalue weighted by Gasteiger charge is -2.56. The number of rotatable bonds is 1. The standard InChI is InChI=1S/C12H7Cl9O/c13-8-11(18,19)9(14,15)7(10(16,17)12(8,20)21)5-1-3-6(22)4-2-5/h1-4,7-8,22H. The number of hydrogen-bond acceptors (Lipinski definition) is 1. The molecule has 22 heavy (non-hydrogen) atoms. The van der Waals surface area contributed by atoms with Crippen LogP contribution >= 0.6 is 104 Å². The monoisotopic (exact) mass is 482 g/mol. The second kappa shape index (κ2) is 6.11. The molecule has 1 aliphatic rings. The van der Waals surface area contributed by atoms with Crippen LogP contribution in [0, 0.1) is 0 Å². The van der Waals surface area contributed by atoms with E-state index in [0.717, 1.165) is 0 Å². The SMILES string of the molecule is Oc1ccc(C2C(Cl)(Cl)C(Cl)(Cl)C(Cl)C(Cl)(Cl)C2(Cl)Cl)cc1. The number of alkyl halides is 9. The average molecular weight is 486 g/mol. The molecule has 1 aliphatic carbocycles. The first-order valence-corrected chi connectivity index (χ1v) is 9.18. The van der Waals surface area contributed by atoms with Gasteiger partial charge in [0.05, 0.1) is 5.92 Å². The quantitative estimate of drug-likeness (QED) is 0.434. The summed E-state index contributed by atoms with van der Waals surface area (Å²) in [7, 11) is 0. The largest absolute Gasteiger partial charge is 0.508 e. The van der Waals surface area contributed by atoms with E-state index >= 15 is 0 Å². The van der Waals surface area contributed by atoms with Crippen LogP contribution in [0.2, 0.25) is 0 Å². The molecular formula is C12H7Cl9O. The predicted octanol–water partition coefficient (Wildman–Crippen LogP) is 6.79. The van der Waals surface area contributed by atoms with Gasteiger partial charge in [-0.2, -0.15) is 0 Å². The van der Waals surface area contributed by atoms with Crippen molar-refractivity contribution in [1.29, 1.82) is 0 Å². The summed E-state index contributed by atoms with van der Waals surface area (Å²) >= 11 is 56.6. The topological polar surface area (TPSA) is 20.2 Å². The molecule has 1 aromatic carbocycles. The van der Waals surface area contributed by atoms with E-state index in [-0.39, 0.29) is 5.75 Å². The fourth-order valence-electron chi connectivity index (χ4n) is 2.26. The molecule has 1 fully saturated rings. The summed E-state index contributed by atoms with van der Waals surface area (Å²) in [5, 5.41) is 8.03. The molecule has 1 saturated carbocycles. The van der Waals surface area contributed by atoms with E-state index < -0.39 is 28.6 Å². The van der Waals surface area contributed by atoms with Crippen molar-refractivity contribution < 1.29 is 5.11 Å². The highest BCUT2D eigenvalue weighted by Gasteiger charge is 2.76. The van der Waals surface area contributed by atoms with Crippen LogP contribution in [-0.4, -0.2) is 27.8 Å². The number of aromatic hydroxyl groups is 1. The Balaban J connectivity index is 2.70. The third-order valence-corrected chi connectivity index (χ3v) is 9.48. The molecule has 0 saturated heterocycles. The number of hydrogen-bond donors (Lipinski definition) is 1. The minimum absolute atomic E-state index is 0.0188. The second-order valence-corrected chi connectivity index (χ2v) is 10.9. The molecule has 0 amide bonds. The smallest absolute Gasteiger partial charge is 0.170 e. The van der Waals surface area contributed by atoms with Crippen molar-refractivity contribution in [3.05, 3.63) is 29.8 Å². The second-order valence-electron chi connectivity index (χ2n) is 4.88. The van der Waals surface area contributed by atoms with Crippen LogP contribution in [0.3, 0.4) is 0 Å². The predicted molar refractivity (Wildman–Crippen MR) is 98.2 cm³/mol. The van der Waals surface area contributed by atoms with Crippen LogP contribution in [0.5, 0.6) is 5.75 Å². The summed E-state index contributed by atoms with van der Waals surface area (Å²) in [6, 6.07) is 5.79. The van der Waals surface area contributed by atoms with Gasteiger partial charge in [0.2, 0.25) is 0 Å². The molecule has 0 spiro atoms. The number of phenols is 1. The molecule has 2 rings (SSSR count). The highest BCUT2D eigenvalue weighted by Crippen LogP contribution is 2.71.